The Morgan fingerprint density at radius 1 is 1.41 bits per heavy atom. The van der Waals surface area contributed by atoms with Crippen molar-refractivity contribution in [1.29, 1.82) is 5.26 Å². The second kappa shape index (κ2) is 6.64. The molecule has 3 heterocycles. The fraction of sp³-hybridized carbons (Fsp3) is 0.286. The minimum absolute atomic E-state index is 0.0405. The van der Waals surface area contributed by atoms with Gasteiger partial charge in [0.1, 0.15) is 17.2 Å². The van der Waals surface area contributed by atoms with Gasteiger partial charge < -0.3 is 20.1 Å². The molecule has 148 valence electrons. The number of thiophene rings is 1. The zero-order chi connectivity index (χ0) is 20.9. The van der Waals surface area contributed by atoms with Gasteiger partial charge in [0.15, 0.2) is 11.2 Å². The first kappa shape index (κ1) is 19.0. The SMILES string of the molecule is CCCN1C(=O)C2(C(C#N)=C(N)Oc3c2sc(C)c3C(=O)OC)c2ccccc21. The van der Waals surface area contributed by atoms with Gasteiger partial charge in [-0.3, -0.25) is 4.79 Å². The number of carbonyl (C=O) groups is 2. The van der Waals surface area contributed by atoms with Gasteiger partial charge in [0.2, 0.25) is 11.8 Å². The van der Waals surface area contributed by atoms with Gasteiger partial charge in [0, 0.05) is 22.7 Å². The molecule has 1 spiro atoms. The van der Waals surface area contributed by atoms with Crippen molar-refractivity contribution in [1.82, 2.24) is 0 Å². The van der Waals surface area contributed by atoms with Gasteiger partial charge in [-0.2, -0.15) is 5.26 Å². The molecule has 7 nitrogen and oxygen atoms in total. The van der Waals surface area contributed by atoms with E-state index in [-0.39, 0.29) is 28.7 Å². The molecule has 0 saturated heterocycles. The maximum atomic E-state index is 13.9. The average molecular weight is 409 g/mol. The topological polar surface area (TPSA) is 106 Å². The molecule has 1 amide bonds. The second-order valence-corrected chi connectivity index (χ2v) is 8.08. The molecule has 2 aliphatic rings. The van der Waals surface area contributed by atoms with Gasteiger partial charge in [0.25, 0.3) is 0 Å². The first-order valence-electron chi connectivity index (χ1n) is 9.15. The van der Waals surface area contributed by atoms with E-state index in [0.29, 0.717) is 21.9 Å². The van der Waals surface area contributed by atoms with E-state index in [9.17, 15) is 14.9 Å². The van der Waals surface area contributed by atoms with Crippen molar-refractivity contribution in [3.63, 3.8) is 0 Å². The largest absolute Gasteiger partial charge is 0.465 e. The van der Waals surface area contributed by atoms with E-state index in [1.165, 1.54) is 18.4 Å². The number of aryl methyl sites for hydroxylation is 1. The molecule has 0 bridgehead atoms. The van der Waals surface area contributed by atoms with E-state index in [1.54, 1.807) is 11.8 Å². The lowest BCUT2D eigenvalue weighted by Gasteiger charge is -2.32. The summed E-state index contributed by atoms with van der Waals surface area (Å²) in [5.41, 5.74) is 6.37. The number of nitrogens with zero attached hydrogens (tertiary/aromatic N) is 2. The number of methoxy groups -OCH3 is 1. The smallest absolute Gasteiger partial charge is 0.342 e. The Kier molecular flexibility index (Phi) is 4.35. The molecule has 1 aromatic heterocycles. The standard InChI is InChI=1S/C21H19N3O4S/c1-4-9-24-14-8-6-5-7-12(14)21(20(24)26)13(10-22)18(23)28-16-15(19(25)27-3)11(2)29-17(16)21/h5-8H,4,9,23H2,1-3H3. The summed E-state index contributed by atoms with van der Waals surface area (Å²) in [5, 5.41) is 9.98. The predicted molar refractivity (Wildman–Crippen MR) is 108 cm³/mol. The molecule has 8 heteroatoms. The number of nitriles is 1. The molecule has 29 heavy (non-hydrogen) atoms. The zero-order valence-electron chi connectivity index (χ0n) is 16.2. The number of esters is 1. The number of nitrogens with two attached hydrogens (primary N) is 1. The fourth-order valence-electron chi connectivity index (χ4n) is 4.16. The van der Waals surface area contributed by atoms with E-state index in [0.717, 1.165) is 12.1 Å². The van der Waals surface area contributed by atoms with Crippen LogP contribution in [0.15, 0.2) is 35.7 Å². The van der Waals surface area contributed by atoms with Crippen LogP contribution in [0.2, 0.25) is 0 Å². The highest BCUT2D eigenvalue weighted by molar-refractivity contribution is 7.13. The van der Waals surface area contributed by atoms with E-state index in [1.807, 2.05) is 31.2 Å². The molecule has 0 radical (unpaired) electrons. The van der Waals surface area contributed by atoms with Gasteiger partial charge in [-0.05, 0) is 19.4 Å². The monoisotopic (exact) mass is 409 g/mol. The Morgan fingerprint density at radius 3 is 2.79 bits per heavy atom. The van der Waals surface area contributed by atoms with Crippen LogP contribution in [0.4, 0.5) is 5.69 Å². The summed E-state index contributed by atoms with van der Waals surface area (Å²) in [6.07, 6.45) is 0.747. The van der Waals surface area contributed by atoms with Crippen molar-refractivity contribution in [3.8, 4) is 11.8 Å². The van der Waals surface area contributed by atoms with Crippen molar-refractivity contribution in [2.75, 3.05) is 18.6 Å². The molecule has 2 N–H and O–H groups in total. The lowest BCUT2D eigenvalue weighted by molar-refractivity contribution is -0.120. The lowest BCUT2D eigenvalue weighted by Crippen LogP contribution is -2.45. The molecule has 0 fully saturated rings. The number of rotatable bonds is 3. The molecule has 2 aromatic rings. The highest BCUT2D eigenvalue weighted by Gasteiger charge is 2.60. The third-order valence-corrected chi connectivity index (χ3v) is 6.53. The maximum Gasteiger partial charge on any atom is 0.342 e. The molecule has 4 rings (SSSR count). The molecule has 1 unspecified atom stereocenters. The van der Waals surface area contributed by atoms with Crippen LogP contribution in [-0.2, 0) is 14.9 Å². The predicted octanol–water partition coefficient (Wildman–Crippen LogP) is 2.97. The van der Waals surface area contributed by atoms with Gasteiger partial charge >= 0.3 is 5.97 Å². The third-order valence-electron chi connectivity index (χ3n) is 5.33. The average Bonchev–Trinajstić information content (AvgIpc) is 3.16. The van der Waals surface area contributed by atoms with Crippen LogP contribution in [0, 0.1) is 18.3 Å². The zero-order valence-corrected chi connectivity index (χ0v) is 17.1. The Morgan fingerprint density at radius 2 is 2.14 bits per heavy atom. The Bertz CT molecular complexity index is 1130. The quantitative estimate of drug-likeness (QED) is 0.782. The van der Waals surface area contributed by atoms with Crippen LogP contribution in [-0.4, -0.2) is 25.5 Å². The van der Waals surface area contributed by atoms with Gasteiger partial charge in [-0.25, -0.2) is 4.79 Å². The Hall–Kier alpha value is -3.31. The van der Waals surface area contributed by atoms with Crippen LogP contribution >= 0.6 is 11.3 Å². The fourth-order valence-corrected chi connectivity index (χ4v) is 5.44. The molecule has 0 aliphatic carbocycles. The number of fused-ring (bicyclic) bond motifs is 4. The number of hydrogen-bond donors (Lipinski definition) is 1. The van der Waals surface area contributed by atoms with Gasteiger partial charge in [-0.15, -0.1) is 11.3 Å². The maximum absolute atomic E-state index is 13.9. The summed E-state index contributed by atoms with van der Waals surface area (Å²) in [7, 11) is 1.28. The minimum atomic E-state index is -1.43. The summed E-state index contributed by atoms with van der Waals surface area (Å²) in [6, 6.07) is 9.47. The number of anilines is 1. The van der Waals surface area contributed by atoms with Crippen molar-refractivity contribution in [3.05, 3.63) is 56.6 Å². The highest BCUT2D eigenvalue weighted by Crippen LogP contribution is 2.58. The number of benzene rings is 1. The lowest BCUT2D eigenvalue weighted by atomic mass is 9.72. The minimum Gasteiger partial charge on any atom is -0.465 e. The van der Waals surface area contributed by atoms with E-state index < -0.39 is 11.4 Å². The molecular weight excluding hydrogens is 390 g/mol. The van der Waals surface area contributed by atoms with Crippen molar-refractivity contribution >= 4 is 28.9 Å². The second-order valence-electron chi connectivity index (χ2n) is 6.86. The summed E-state index contributed by atoms with van der Waals surface area (Å²) < 4.78 is 10.6. The van der Waals surface area contributed by atoms with Crippen molar-refractivity contribution < 1.29 is 19.1 Å². The highest BCUT2D eigenvalue weighted by atomic mass is 32.1. The van der Waals surface area contributed by atoms with Crippen LogP contribution in [0.1, 0.15) is 39.0 Å². The van der Waals surface area contributed by atoms with E-state index >= 15 is 0 Å². The van der Waals surface area contributed by atoms with Crippen LogP contribution in [0.3, 0.4) is 0 Å². The van der Waals surface area contributed by atoms with Crippen molar-refractivity contribution in [2.45, 2.75) is 25.7 Å². The summed E-state index contributed by atoms with van der Waals surface area (Å²) in [4.78, 5) is 29.1. The molecule has 1 aromatic carbocycles. The van der Waals surface area contributed by atoms with E-state index in [2.05, 4.69) is 6.07 Å². The molecule has 2 aliphatic heterocycles. The number of hydrogen-bond acceptors (Lipinski definition) is 7. The molecular formula is C21H19N3O4S. The van der Waals surface area contributed by atoms with Gasteiger partial charge in [-0.1, -0.05) is 25.1 Å². The molecule has 0 saturated carbocycles. The first-order chi connectivity index (χ1) is 13.9. The summed E-state index contributed by atoms with van der Waals surface area (Å²) in [6.45, 7) is 4.24. The Balaban J connectivity index is 2.12. The first-order valence-corrected chi connectivity index (χ1v) is 9.96. The summed E-state index contributed by atoms with van der Waals surface area (Å²) >= 11 is 1.25. The van der Waals surface area contributed by atoms with E-state index in [4.69, 9.17) is 15.2 Å². The Labute approximate surface area is 171 Å². The van der Waals surface area contributed by atoms with Gasteiger partial charge in [0.05, 0.1) is 12.0 Å². The third kappa shape index (κ3) is 2.28. The van der Waals surface area contributed by atoms with Crippen molar-refractivity contribution in [2.24, 2.45) is 5.73 Å². The van der Waals surface area contributed by atoms with Crippen LogP contribution in [0.25, 0.3) is 0 Å². The molecule has 1 atom stereocenters. The van der Waals surface area contributed by atoms with Crippen LogP contribution < -0.4 is 15.4 Å². The summed E-state index contributed by atoms with van der Waals surface area (Å²) in [5.74, 6) is -0.823. The normalized spacial score (nSPS) is 19.7. The number of ether oxygens (including phenoxy) is 2. The number of amides is 1. The number of para-hydroxylation sites is 1. The number of carbonyl (C=O) groups excluding carboxylic acids is 2. The van der Waals surface area contributed by atoms with Crippen LogP contribution in [0.5, 0.6) is 5.75 Å².